The lowest BCUT2D eigenvalue weighted by atomic mass is 9.93. The first-order valence-electron chi connectivity index (χ1n) is 9.17. The number of hydrogen-bond acceptors (Lipinski definition) is 5. The number of aliphatic carboxylic acids is 1. The molecule has 8 nitrogen and oxygen atoms in total. The highest BCUT2D eigenvalue weighted by molar-refractivity contribution is 6.24. The largest absolute Gasteiger partial charge is 0.480 e. The molecule has 8 heteroatoms. The van der Waals surface area contributed by atoms with E-state index in [4.69, 9.17) is 5.11 Å². The Kier molecular flexibility index (Phi) is 4.75. The van der Waals surface area contributed by atoms with E-state index in [9.17, 15) is 19.2 Å². The van der Waals surface area contributed by atoms with Gasteiger partial charge in [0.05, 0.1) is 11.2 Å². The zero-order chi connectivity index (χ0) is 21.4. The standard InChI is InChI=1S/C22H17N3O5/c1-25(11-12-5-3-2-4-6-12)21(28)15-9-23-17-13(19(15)26)7-8-14-18(17)24-10-16(20(14)27)22(29)30/h2-10,16H,11H2,1H3,(H,23,26)(H,29,30). The molecule has 0 aliphatic carbocycles. The van der Waals surface area contributed by atoms with Crippen molar-refractivity contribution in [3.63, 3.8) is 0 Å². The highest BCUT2D eigenvalue weighted by Gasteiger charge is 2.32. The number of aliphatic imine (C=N–C) groups is 1. The van der Waals surface area contributed by atoms with Gasteiger partial charge in [0.15, 0.2) is 11.7 Å². The van der Waals surface area contributed by atoms with Crippen LogP contribution in [-0.4, -0.2) is 45.9 Å². The summed E-state index contributed by atoms with van der Waals surface area (Å²) in [5, 5.41) is 9.34. The summed E-state index contributed by atoms with van der Waals surface area (Å²) in [6, 6.07) is 12.2. The van der Waals surface area contributed by atoms with Crippen molar-refractivity contribution in [3.8, 4) is 0 Å². The fraction of sp³-hybridized carbons (Fsp3) is 0.136. The number of aromatic amines is 1. The van der Waals surface area contributed by atoms with Crippen LogP contribution in [0.5, 0.6) is 0 Å². The molecule has 30 heavy (non-hydrogen) atoms. The third kappa shape index (κ3) is 3.18. The van der Waals surface area contributed by atoms with Crippen LogP contribution < -0.4 is 5.43 Å². The van der Waals surface area contributed by atoms with Gasteiger partial charge in [-0.05, 0) is 17.7 Å². The summed E-state index contributed by atoms with van der Waals surface area (Å²) in [5.74, 6) is -3.68. The number of aromatic nitrogens is 1. The van der Waals surface area contributed by atoms with Crippen LogP contribution in [0.3, 0.4) is 0 Å². The predicted octanol–water partition coefficient (Wildman–Crippen LogP) is 2.40. The van der Waals surface area contributed by atoms with Gasteiger partial charge in [-0.25, -0.2) is 0 Å². The topological polar surface area (TPSA) is 120 Å². The maximum atomic E-state index is 13.0. The Hall–Kier alpha value is -4.07. The van der Waals surface area contributed by atoms with Crippen molar-refractivity contribution in [2.75, 3.05) is 7.05 Å². The maximum absolute atomic E-state index is 13.0. The van der Waals surface area contributed by atoms with Crippen molar-refractivity contribution in [1.29, 1.82) is 0 Å². The lowest BCUT2D eigenvalue weighted by molar-refractivity contribution is -0.137. The molecule has 1 aliphatic heterocycles. The van der Waals surface area contributed by atoms with Crippen molar-refractivity contribution >= 4 is 40.5 Å². The number of carboxylic acids is 1. The van der Waals surface area contributed by atoms with Gasteiger partial charge in [0.25, 0.3) is 5.91 Å². The second-order valence-corrected chi connectivity index (χ2v) is 7.02. The summed E-state index contributed by atoms with van der Waals surface area (Å²) < 4.78 is 0. The van der Waals surface area contributed by atoms with Gasteiger partial charge >= 0.3 is 5.97 Å². The van der Waals surface area contributed by atoms with E-state index in [0.717, 1.165) is 11.8 Å². The van der Waals surface area contributed by atoms with E-state index in [-0.39, 0.29) is 27.7 Å². The van der Waals surface area contributed by atoms with Crippen molar-refractivity contribution < 1.29 is 19.5 Å². The molecule has 0 spiro atoms. The summed E-state index contributed by atoms with van der Waals surface area (Å²) >= 11 is 0. The van der Waals surface area contributed by atoms with E-state index in [1.807, 2.05) is 30.3 Å². The molecule has 1 unspecified atom stereocenters. The number of carbonyl (C=O) groups is 3. The van der Waals surface area contributed by atoms with Crippen LogP contribution in [0.25, 0.3) is 10.9 Å². The fourth-order valence-corrected chi connectivity index (χ4v) is 3.47. The molecular formula is C22H17N3O5. The van der Waals surface area contributed by atoms with E-state index in [2.05, 4.69) is 9.98 Å². The minimum atomic E-state index is -1.35. The Morgan fingerprint density at radius 1 is 1.13 bits per heavy atom. The average Bonchev–Trinajstić information content (AvgIpc) is 2.74. The van der Waals surface area contributed by atoms with Gasteiger partial charge in [-0.3, -0.25) is 24.2 Å². The van der Waals surface area contributed by atoms with Crippen LogP contribution in [0, 0.1) is 5.92 Å². The Bertz CT molecular complexity index is 1280. The van der Waals surface area contributed by atoms with Gasteiger partial charge in [-0.1, -0.05) is 30.3 Å². The molecule has 0 saturated heterocycles. The number of rotatable bonds is 4. The quantitative estimate of drug-likeness (QED) is 0.648. The average molecular weight is 403 g/mol. The van der Waals surface area contributed by atoms with E-state index in [0.29, 0.717) is 6.54 Å². The molecule has 2 N–H and O–H groups in total. The van der Waals surface area contributed by atoms with E-state index >= 15 is 0 Å². The number of hydrogen-bond donors (Lipinski definition) is 2. The summed E-state index contributed by atoms with van der Waals surface area (Å²) in [5.41, 5.74) is 1.01. The summed E-state index contributed by atoms with van der Waals surface area (Å²) in [7, 11) is 1.61. The zero-order valence-electron chi connectivity index (χ0n) is 16.0. The molecule has 1 atom stereocenters. The third-order valence-corrected chi connectivity index (χ3v) is 5.03. The van der Waals surface area contributed by atoms with Crippen LogP contribution in [0.1, 0.15) is 26.3 Å². The van der Waals surface area contributed by atoms with Crippen LogP contribution in [0.15, 0.2) is 58.4 Å². The van der Waals surface area contributed by atoms with Gasteiger partial charge in [0.2, 0.25) is 5.43 Å². The summed E-state index contributed by atoms with van der Waals surface area (Å²) in [4.78, 5) is 57.8. The van der Waals surface area contributed by atoms with Crippen molar-refractivity contribution in [1.82, 2.24) is 9.88 Å². The molecule has 2 heterocycles. The molecule has 0 bridgehead atoms. The number of pyridine rings is 1. The van der Waals surface area contributed by atoms with E-state index < -0.39 is 29.0 Å². The first kappa shape index (κ1) is 19.3. The minimum absolute atomic E-state index is 0.0320. The van der Waals surface area contributed by atoms with Crippen LogP contribution in [0.2, 0.25) is 0 Å². The molecule has 4 rings (SSSR count). The van der Waals surface area contributed by atoms with E-state index in [1.165, 1.54) is 23.2 Å². The molecule has 0 saturated carbocycles. The summed E-state index contributed by atoms with van der Waals surface area (Å²) in [6.45, 7) is 0.344. The van der Waals surface area contributed by atoms with Crippen LogP contribution in [-0.2, 0) is 11.3 Å². The summed E-state index contributed by atoms with van der Waals surface area (Å²) in [6.07, 6.45) is 2.36. The predicted molar refractivity (Wildman–Crippen MR) is 110 cm³/mol. The molecule has 0 radical (unpaired) electrons. The molecule has 2 aromatic carbocycles. The Morgan fingerprint density at radius 3 is 2.57 bits per heavy atom. The molecule has 3 aromatic rings. The highest BCUT2D eigenvalue weighted by Crippen LogP contribution is 2.32. The first-order valence-corrected chi connectivity index (χ1v) is 9.17. The number of H-pyrrole nitrogens is 1. The molecular weight excluding hydrogens is 386 g/mol. The van der Waals surface area contributed by atoms with Crippen molar-refractivity contribution in [3.05, 3.63) is 75.6 Å². The second kappa shape index (κ2) is 7.40. The number of fused-ring (bicyclic) bond motifs is 3. The number of benzene rings is 2. The van der Waals surface area contributed by atoms with Crippen LogP contribution >= 0.6 is 0 Å². The molecule has 0 fully saturated rings. The Morgan fingerprint density at radius 2 is 1.87 bits per heavy atom. The van der Waals surface area contributed by atoms with Crippen molar-refractivity contribution in [2.24, 2.45) is 10.9 Å². The lowest BCUT2D eigenvalue weighted by Crippen LogP contribution is -2.31. The maximum Gasteiger partial charge on any atom is 0.319 e. The van der Waals surface area contributed by atoms with Crippen molar-refractivity contribution in [2.45, 2.75) is 6.54 Å². The SMILES string of the molecule is CN(Cc1ccccc1)C(=O)c1c[nH]c2c3c(ccc2c1=O)C(=O)C(C(=O)O)C=N3. The molecule has 150 valence electrons. The number of Topliss-reactive ketones (excluding diaryl/α,β-unsaturated/α-hetero) is 1. The Balaban J connectivity index is 1.72. The number of nitrogens with one attached hydrogen (secondary N) is 1. The van der Waals surface area contributed by atoms with Gasteiger partial charge < -0.3 is 15.0 Å². The van der Waals surface area contributed by atoms with Gasteiger partial charge in [-0.2, -0.15) is 0 Å². The van der Waals surface area contributed by atoms with Gasteiger partial charge in [0, 0.05) is 37.0 Å². The third-order valence-electron chi connectivity index (χ3n) is 5.03. The molecule has 1 amide bonds. The number of ketones is 1. The first-order chi connectivity index (χ1) is 14.4. The molecule has 1 aliphatic rings. The van der Waals surface area contributed by atoms with Gasteiger partial charge in [-0.15, -0.1) is 0 Å². The zero-order valence-corrected chi connectivity index (χ0v) is 16.0. The highest BCUT2D eigenvalue weighted by atomic mass is 16.4. The number of carboxylic acid groups (broad SMARTS) is 1. The fourth-order valence-electron chi connectivity index (χ4n) is 3.47. The Labute approximate surface area is 170 Å². The number of amides is 1. The lowest BCUT2D eigenvalue weighted by Gasteiger charge is -2.18. The normalized spacial score (nSPS) is 15.1. The van der Waals surface area contributed by atoms with Crippen LogP contribution in [0.4, 0.5) is 5.69 Å². The smallest absolute Gasteiger partial charge is 0.319 e. The number of carbonyl (C=O) groups excluding carboxylic acids is 2. The van der Waals surface area contributed by atoms with E-state index in [1.54, 1.807) is 7.05 Å². The van der Waals surface area contributed by atoms with Gasteiger partial charge in [0.1, 0.15) is 5.56 Å². The molecule has 1 aromatic heterocycles. The second-order valence-electron chi connectivity index (χ2n) is 7.02. The monoisotopic (exact) mass is 403 g/mol. The number of nitrogens with zero attached hydrogens (tertiary/aromatic N) is 2. The minimum Gasteiger partial charge on any atom is -0.480 e.